The fourth-order valence-corrected chi connectivity index (χ4v) is 2.83. The van der Waals surface area contributed by atoms with E-state index in [1.165, 1.54) is 12.2 Å². The van der Waals surface area contributed by atoms with Crippen LogP contribution in [0.5, 0.6) is 23.0 Å². The van der Waals surface area contributed by atoms with Crippen LogP contribution in [0.2, 0.25) is 0 Å². The van der Waals surface area contributed by atoms with Gasteiger partial charge in [0, 0.05) is 12.2 Å². The zero-order chi connectivity index (χ0) is 24.8. The van der Waals surface area contributed by atoms with Crippen LogP contribution < -0.4 is 18.9 Å². The number of esters is 2. The van der Waals surface area contributed by atoms with E-state index in [-0.39, 0.29) is 13.2 Å². The van der Waals surface area contributed by atoms with E-state index in [2.05, 4.69) is 0 Å². The second-order valence-electron chi connectivity index (χ2n) is 6.69. The number of ether oxygens (including phenoxy) is 6. The molecular formula is C26H30O8. The highest BCUT2D eigenvalue weighted by molar-refractivity contribution is 5.87. The molecule has 0 aromatic heterocycles. The topological polar surface area (TPSA) is 89.5 Å². The molecule has 0 atom stereocenters. The molecule has 0 radical (unpaired) electrons. The van der Waals surface area contributed by atoms with Crippen molar-refractivity contribution in [3.8, 4) is 23.0 Å². The maximum atomic E-state index is 11.5. The predicted molar refractivity (Wildman–Crippen MR) is 128 cm³/mol. The zero-order valence-electron chi connectivity index (χ0n) is 19.9. The summed E-state index contributed by atoms with van der Waals surface area (Å²) in [4.78, 5) is 23.1. The highest BCUT2D eigenvalue weighted by atomic mass is 16.6. The van der Waals surface area contributed by atoms with E-state index in [9.17, 15) is 9.59 Å². The number of hydrogen-bond acceptors (Lipinski definition) is 8. The van der Waals surface area contributed by atoms with Gasteiger partial charge in [0.05, 0.1) is 27.4 Å². The molecule has 0 saturated heterocycles. The summed E-state index contributed by atoms with van der Waals surface area (Å²) in [7, 11) is 3.10. The second kappa shape index (κ2) is 14.3. The number of hydrogen-bond donors (Lipinski definition) is 0. The molecule has 0 heterocycles. The van der Waals surface area contributed by atoms with Gasteiger partial charge in [-0.3, -0.25) is 0 Å². The van der Waals surface area contributed by atoms with Crippen LogP contribution in [-0.2, 0) is 19.1 Å². The monoisotopic (exact) mass is 470 g/mol. The minimum Gasteiger partial charge on any atom is -0.493 e. The van der Waals surface area contributed by atoms with Gasteiger partial charge in [-0.2, -0.15) is 0 Å². The Morgan fingerprint density at radius 1 is 0.676 bits per heavy atom. The molecule has 0 amide bonds. The van der Waals surface area contributed by atoms with E-state index >= 15 is 0 Å². The summed E-state index contributed by atoms with van der Waals surface area (Å²) in [5, 5.41) is 0. The Kier molecular flexibility index (Phi) is 11.0. The van der Waals surface area contributed by atoms with Crippen molar-refractivity contribution < 1.29 is 38.0 Å². The molecule has 0 aliphatic rings. The number of carbonyl (C=O) groups excluding carboxylic acids is 2. The van der Waals surface area contributed by atoms with Crippen molar-refractivity contribution in [2.75, 3.05) is 40.6 Å². The van der Waals surface area contributed by atoms with Gasteiger partial charge in [-0.1, -0.05) is 12.1 Å². The standard InChI is InChI=1S/C26H30O8/c1-5-31-25(27)13-9-19-7-11-21(29-3)23(17-19)33-15-16-34-24-18-20(8-12-22(24)30-4)10-14-26(28)32-6-2/h7-14,17-18H,5-6,15-16H2,1-4H3/b13-9-,14-10+. The number of rotatable bonds is 13. The third-order valence-electron chi connectivity index (χ3n) is 4.37. The van der Waals surface area contributed by atoms with Gasteiger partial charge in [0.25, 0.3) is 0 Å². The Labute approximate surface area is 199 Å². The highest BCUT2D eigenvalue weighted by Gasteiger charge is 2.08. The first-order chi connectivity index (χ1) is 16.5. The number of carbonyl (C=O) groups is 2. The molecule has 8 heteroatoms. The van der Waals surface area contributed by atoms with Crippen LogP contribution in [-0.4, -0.2) is 52.6 Å². The van der Waals surface area contributed by atoms with Gasteiger partial charge in [0.2, 0.25) is 0 Å². The lowest BCUT2D eigenvalue weighted by molar-refractivity contribution is -0.138. The molecule has 0 N–H and O–H groups in total. The van der Waals surface area contributed by atoms with E-state index in [0.717, 1.165) is 11.1 Å². The van der Waals surface area contributed by atoms with Gasteiger partial charge in [-0.15, -0.1) is 0 Å². The zero-order valence-corrected chi connectivity index (χ0v) is 19.9. The molecule has 0 fully saturated rings. The Morgan fingerprint density at radius 3 is 1.44 bits per heavy atom. The summed E-state index contributed by atoms with van der Waals surface area (Å²) >= 11 is 0. The molecule has 8 nitrogen and oxygen atoms in total. The maximum absolute atomic E-state index is 11.5. The van der Waals surface area contributed by atoms with Gasteiger partial charge in [-0.05, 0) is 61.4 Å². The van der Waals surface area contributed by atoms with Crippen molar-refractivity contribution in [2.45, 2.75) is 13.8 Å². The predicted octanol–water partition coefficient (Wildman–Crippen LogP) is 4.31. The molecule has 0 aliphatic carbocycles. The van der Waals surface area contributed by atoms with Crippen LogP contribution >= 0.6 is 0 Å². The van der Waals surface area contributed by atoms with Crippen LogP contribution in [0.4, 0.5) is 0 Å². The number of benzene rings is 2. The lowest BCUT2D eigenvalue weighted by Crippen LogP contribution is -2.10. The second-order valence-corrected chi connectivity index (χ2v) is 6.69. The van der Waals surface area contributed by atoms with Crippen molar-refractivity contribution in [1.82, 2.24) is 0 Å². The van der Waals surface area contributed by atoms with Crippen molar-refractivity contribution in [3.63, 3.8) is 0 Å². The van der Waals surface area contributed by atoms with Crippen LogP contribution in [0.1, 0.15) is 25.0 Å². The third-order valence-corrected chi connectivity index (χ3v) is 4.37. The van der Waals surface area contributed by atoms with E-state index < -0.39 is 11.9 Å². The van der Waals surface area contributed by atoms with Crippen LogP contribution in [0, 0.1) is 0 Å². The lowest BCUT2D eigenvalue weighted by atomic mass is 10.2. The molecule has 182 valence electrons. The summed E-state index contributed by atoms with van der Waals surface area (Å²) in [6, 6.07) is 10.6. The average molecular weight is 471 g/mol. The van der Waals surface area contributed by atoms with Gasteiger partial charge in [0.1, 0.15) is 13.2 Å². The number of methoxy groups -OCH3 is 2. The maximum Gasteiger partial charge on any atom is 0.330 e. The van der Waals surface area contributed by atoms with Gasteiger partial charge in [-0.25, -0.2) is 9.59 Å². The van der Waals surface area contributed by atoms with E-state index in [1.54, 1.807) is 76.6 Å². The van der Waals surface area contributed by atoms with E-state index in [4.69, 9.17) is 28.4 Å². The van der Waals surface area contributed by atoms with Gasteiger partial charge < -0.3 is 28.4 Å². The first-order valence-electron chi connectivity index (χ1n) is 10.8. The Balaban J connectivity index is 2.01. The van der Waals surface area contributed by atoms with E-state index in [0.29, 0.717) is 36.2 Å². The average Bonchev–Trinajstić information content (AvgIpc) is 2.84. The van der Waals surface area contributed by atoms with Crippen LogP contribution in [0.15, 0.2) is 48.6 Å². The molecule has 2 aromatic carbocycles. The summed E-state index contributed by atoms with van der Waals surface area (Å²) in [6.45, 7) is 4.59. The molecule has 2 rings (SSSR count). The molecule has 0 bridgehead atoms. The molecule has 34 heavy (non-hydrogen) atoms. The van der Waals surface area contributed by atoms with Crippen molar-refractivity contribution >= 4 is 24.1 Å². The largest absolute Gasteiger partial charge is 0.493 e. The van der Waals surface area contributed by atoms with Crippen molar-refractivity contribution in [1.29, 1.82) is 0 Å². The minimum atomic E-state index is -0.414. The van der Waals surface area contributed by atoms with Crippen LogP contribution in [0.3, 0.4) is 0 Å². The highest BCUT2D eigenvalue weighted by Crippen LogP contribution is 2.30. The SMILES string of the molecule is CCOC(=O)/C=C\c1ccc(OC)c(OCCOc2cc(/C=C/C(=O)OCC)ccc2OC)c1. The van der Waals surface area contributed by atoms with E-state index in [1.807, 2.05) is 0 Å². The first kappa shape index (κ1) is 26.3. The fourth-order valence-electron chi connectivity index (χ4n) is 2.83. The molecule has 0 spiro atoms. The summed E-state index contributed by atoms with van der Waals surface area (Å²) < 4.78 is 32.2. The molecule has 0 unspecified atom stereocenters. The Morgan fingerprint density at radius 2 is 1.09 bits per heavy atom. The Hall–Kier alpha value is -3.94. The van der Waals surface area contributed by atoms with Crippen molar-refractivity contribution in [2.24, 2.45) is 0 Å². The molecule has 0 saturated carbocycles. The lowest BCUT2D eigenvalue weighted by Gasteiger charge is -2.14. The summed E-state index contributed by atoms with van der Waals surface area (Å²) in [5.74, 6) is 1.30. The minimum absolute atomic E-state index is 0.230. The quantitative estimate of drug-likeness (QED) is 0.243. The Bertz CT molecular complexity index is 928. The summed E-state index contributed by atoms with van der Waals surface area (Å²) in [6.07, 6.45) is 5.99. The fraction of sp³-hybridized carbons (Fsp3) is 0.308. The summed E-state index contributed by atoms with van der Waals surface area (Å²) in [5.41, 5.74) is 1.51. The third kappa shape index (κ3) is 8.54. The van der Waals surface area contributed by atoms with Gasteiger partial charge in [0.15, 0.2) is 23.0 Å². The smallest absolute Gasteiger partial charge is 0.330 e. The first-order valence-corrected chi connectivity index (χ1v) is 10.8. The van der Waals surface area contributed by atoms with Gasteiger partial charge >= 0.3 is 11.9 Å². The van der Waals surface area contributed by atoms with Crippen LogP contribution in [0.25, 0.3) is 12.2 Å². The molecule has 2 aromatic rings. The molecule has 0 aliphatic heterocycles. The normalized spacial score (nSPS) is 10.8. The molecular weight excluding hydrogens is 440 g/mol. The van der Waals surface area contributed by atoms with Crippen molar-refractivity contribution in [3.05, 3.63) is 59.7 Å².